The highest BCUT2D eigenvalue weighted by atomic mass is 16.5. The molecule has 3 rings (SSSR count). The number of hydrogen-bond donors (Lipinski definition) is 0. The summed E-state index contributed by atoms with van der Waals surface area (Å²) < 4.78 is 4.97. The van der Waals surface area contributed by atoms with Crippen molar-refractivity contribution in [3.05, 3.63) is 70.8 Å². The first-order valence-corrected chi connectivity index (χ1v) is 6.89. The average Bonchev–Trinajstić information content (AvgIpc) is 2.80. The van der Waals surface area contributed by atoms with E-state index in [2.05, 4.69) is 0 Å². The Kier molecular flexibility index (Phi) is 3.76. The highest BCUT2D eigenvalue weighted by Crippen LogP contribution is 2.27. The van der Waals surface area contributed by atoms with Crippen molar-refractivity contribution in [3.8, 4) is 5.75 Å². The van der Waals surface area contributed by atoms with E-state index in [1.807, 2.05) is 0 Å². The Balaban J connectivity index is 1.84. The molecule has 1 aliphatic carbocycles. The number of benzene rings is 2. The molecule has 0 saturated carbocycles. The van der Waals surface area contributed by atoms with Gasteiger partial charge in [-0.2, -0.15) is 0 Å². The van der Waals surface area contributed by atoms with E-state index in [4.69, 9.17) is 4.74 Å². The summed E-state index contributed by atoms with van der Waals surface area (Å²) in [7, 11) is 0. The number of fused-ring (bicyclic) bond motifs is 1. The first kappa shape index (κ1) is 14.7. The van der Waals surface area contributed by atoms with Gasteiger partial charge in [-0.15, -0.1) is 0 Å². The number of carbonyl (C=O) groups is 3. The molecule has 0 aliphatic heterocycles. The Morgan fingerprint density at radius 3 is 2.04 bits per heavy atom. The molecule has 0 heterocycles. The van der Waals surface area contributed by atoms with Crippen LogP contribution in [-0.2, 0) is 4.79 Å². The molecule has 0 amide bonds. The normalized spacial score (nSPS) is 13.0. The molecule has 0 N–H and O–H groups in total. The lowest BCUT2D eigenvalue weighted by Gasteiger charge is -2.06. The Labute approximate surface area is 131 Å². The minimum absolute atomic E-state index is 0.120. The molecular formula is C18H11O5-. The van der Waals surface area contributed by atoms with Gasteiger partial charge in [0, 0.05) is 11.1 Å². The number of Topliss-reactive ketones (excluding diaryl/α,β-unsaturated/α-hetero) is 2. The molecule has 0 radical (unpaired) electrons. The molecule has 5 nitrogen and oxygen atoms in total. The lowest BCUT2D eigenvalue weighted by molar-refractivity contribution is -0.307. The van der Waals surface area contributed by atoms with Gasteiger partial charge in [-0.05, 0) is 23.8 Å². The number of carboxylic acid groups (broad SMARTS) is 1. The van der Waals surface area contributed by atoms with Gasteiger partial charge in [0.25, 0.3) is 0 Å². The molecule has 0 atom stereocenters. The van der Waals surface area contributed by atoms with Crippen LogP contribution in [-0.4, -0.2) is 24.1 Å². The minimum Gasteiger partial charge on any atom is -0.546 e. The lowest BCUT2D eigenvalue weighted by Crippen LogP contribution is -2.28. The molecule has 0 fully saturated rings. The fraction of sp³-hybridized carbons (Fsp3) is 0.0556. The number of ketones is 2. The van der Waals surface area contributed by atoms with Gasteiger partial charge in [0.05, 0.1) is 11.5 Å². The summed E-state index contributed by atoms with van der Waals surface area (Å²) in [6, 6.07) is 13.1. The summed E-state index contributed by atoms with van der Waals surface area (Å²) >= 11 is 0. The van der Waals surface area contributed by atoms with E-state index in [-0.39, 0.29) is 17.1 Å². The van der Waals surface area contributed by atoms with Crippen LogP contribution in [0.4, 0.5) is 0 Å². The van der Waals surface area contributed by atoms with Crippen molar-refractivity contribution in [2.24, 2.45) is 0 Å². The van der Waals surface area contributed by atoms with Gasteiger partial charge in [0.1, 0.15) is 12.4 Å². The summed E-state index contributed by atoms with van der Waals surface area (Å²) in [5, 5.41) is 10.3. The monoisotopic (exact) mass is 307 g/mol. The molecule has 0 spiro atoms. The van der Waals surface area contributed by atoms with Crippen molar-refractivity contribution in [2.45, 2.75) is 0 Å². The fourth-order valence-electron chi connectivity index (χ4n) is 2.37. The summed E-state index contributed by atoms with van der Waals surface area (Å²) in [4.78, 5) is 34.9. The largest absolute Gasteiger partial charge is 0.546 e. The summed E-state index contributed by atoms with van der Waals surface area (Å²) in [5.74, 6) is -1.52. The van der Waals surface area contributed by atoms with Gasteiger partial charge in [0.2, 0.25) is 0 Å². The summed E-state index contributed by atoms with van der Waals surface area (Å²) in [6.07, 6.45) is 1.52. The summed E-state index contributed by atoms with van der Waals surface area (Å²) in [5.41, 5.74) is 1.60. The van der Waals surface area contributed by atoms with E-state index in [1.54, 1.807) is 48.5 Å². The van der Waals surface area contributed by atoms with Crippen LogP contribution >= 0.6 is 0 Å². The van der Waals surface area contributed by atoms with Crippen LogP contribution in [0.15, 0.2) is 54.1 Å². The van der Waals surface area contributed by atoms with Gasteiger partial charge in [-0.3, -0.25) is 9.59 Å². The second kappa shape index (κ2) is 5.88. The Morgan fingerprint density at radius 2 is 1.52 bits per heavy atom. The number of aliphatic carboxylic acids is 1. The smallest absolute Gasteiger partial charge is 0.197 e. The van der Waals surface area contributed by atoms with Crippen LogP contribution in [0.25, 0.3) is 6.08 Å². The van der Waals surface area contributed by atoms with Crippen LogP contribution in [0.1, 0.15) is 26.3 Å². The van der Waals surface area contributed by atoms with E-state index in [0.29, 0.717) is 22.4 Å². The number of ether oxygens (including phenoxy) is 1. The highest BCUT2D eigenvalue weighted by Gasteiger charge is 2.32. The molecule has 0 unspecified atom stereocenters. The second-order valence-corrected chi connectivity index (χ2v) is 4.99. The molecule has 2 aromatic carbocycles. The Hall–Kier alpha value is -3.21. The molecule has 0 saturated heterocycles. The predicted molar refractivity (Wildman–Crippen MR) is 80.0 cm³/mol. The van der Waals surface area contributed by atoms with Crippen LogP contribution in [0, 0.1) is 0 Å². The molecule has 23 heavy (non-hydrogen) atoms. The van der Waals surface area contributed by atoms with Crippen LogP contribution in [0.3, 0.4) is 0 Å². The molecule has 2 aromatic rings. The van der Waals surface area contributed by atoms with Crippen LogP contribution in [0.5, 0.6) is 5.75 Å². The number of carboxylic acids is 1. The molecule has 5 heteroatoms. The van der Waals surface area contributed by atoms with E-state index < -0.39 is 12.6 Å². The maximum absolute atomic E-state index is 12.3. The van der Waals surface area contributed by atoms with Gasteiger partial charge >= 0.3 is 0 Å². The maximum atomic E-state index is 12.3. The molecule has 0 aromatic heterocycles. The number of rotatable bonds is 4. The molecule has 0 bridgehead atoms. The Bertz CT molecular complexity index is 794. The van der Waals surface area contributed by atoms with E-state index >= 15 is 0 Å². The van der Waals surface area contributed by atoms with Gasteiger partial charge in [-0.25, -0.2) is 0 Å². The third-order valence-corrected chi connectivity index (χ3v) is 3.45. The third-order valence-electron chi connectivity index (χ3n) is 3.45. The van der Waals surface area contributed by atoms with E-state index in [1.165, 1.54) is 6.08 Å². The number of hydrogen-bond acceptors (Lipinski definition) is 5. The topological polar surface area (TPSA) is 83.5 Å². The fourth-order valence-corrected chi connectivity index (χ4v) is 2.37. The van der Waals surface area contributed by atoms with E-state index in [0.717, 1.165) is 0 Å². The predicted octanol–water partition coefficient (Wildman–Crippen LogP) is 1.28. The van der Waals surface area contributed by atoms with E-state index in [9.17, 15) is 19.5 Å². The van der Waals surface area contributed by atoms with Gasteiger partial charge < -0.3 is 14.6 Å². The first-order chi connectivity index (χ1) is 11.1. The number of allylic oxidation sites excluding steroid dienone is 1. The maximum Gasteiger partial charge on any atom is 0.197 e. The van der Waals surface area contributed by atoms with Crippen molar-refractivity contribution in [1.29, 1.82) is 0 Å². The summed E-state index contributed by atoms with van der Waals surface area (Å²) in [6.45, 7) is -0.535. The lowest BCUT2D eigenvalue weighted by atomic mass is 10.1. The van der Waals surface area contributed by atoms with Crippen molar-refractivity contribution in [2.75, 3.05) is 6.61 Å². The van der Waals surface area contributed by atoms with Gasteiger partial charge in [0.15, 0.2) is 11.6 Å². The highest BCUT2D eigenvalue weighted by molar-refractivity contribution is 6.41. The zero-order chi connectivity index (χ0) is 16.4. The Morgan fingerprint density at radius 1 is 0.957 bits per heavy atom. The van der Waals surface area contributed by atoms with Crippen molar-refractivity contribution in [1.82, 2.24) is 0 Å². The molecule has 1 aliphatic rings. The second-order valence-electron chi connectivity index (χ2n) is 4.99. The first-order valence-electron chi connectivity index (χ1n) is 6.89. The molecule has 114 valence electrons. The van der Waals surface area contributed by atoms with Crippen LogP contribution < -0.4 is 9.84 Å². The quantitative estimate of drug-likeness (QED) is 0.627. The molecular weight excluding hydrogens is 296 g/mol. The van der Waals surface area contributed by atoms with Crippen molar-refractivity contribution >= 4 is 23.6 Å². The standard InChI is InChI=1S/C18H12O5/c19-16(20)10-23-12-7-5-11(6-8-12)9-15-17(21)13-3-1-2-4-14(13)18(15)22/h1-9H,10H2,(H,19,20)/p-1. The van der Waals surface area contributed by atoms with Gasteiger partial charge in [-0.1, -0.05) is 36.4 Å². The van der Waals surface area contributed by atoms with Crippen molar-refractivity contribution in [3.63, 3.8) is 0 Å². The average molecular weight is 307 g/mol. The van der Waals surface area contributed by atoms with Crippen LogP contribution in [0.2, 0.25) is 0 Å². The SMILES string of the molecule is O=C([O-])COc1ccc(C=C2C(=O)c3ccccc3C2=O)cc1. The number of carbonyl (C=O) groups excluding carboxylic acids is 3. The van der Waals surface area contributed by atoms with Crippen molar-refractivity contribution < 1.29 is 24.2 Å². The zero-order valence-electron chi connectivity index (χ0n) is 11.9. The minimum atomic E-state index is -1.31. The zero-order valence-corrected chi connectivity index (χ0v) is 11.9. The third kappa shape index (κ3) is 2.89.